The zero-order chi connectivity index (χ0) is 17.8. The third kappa shape index (κ3) is 4.62. The molecule has 1 aromatic rings. The van der Waals surface area contributed by atoms with E-state index in [-0.39, 0.29) is 25.0 Å². The number of halogens is 1. The number of nitrogens with one attached hydrogen (secondary N) is 1. The molecule has 0 saturated carbocycles. The monoisotopic (exact) mass is 387 g/mol. The quantitative estimate of drug-likeness (QED) is 0.780. The van der Waals surface area contributed by atoms with E-state index in [1.165, 1.54) is 11.3 Å². The molecule has 0 radical (unpaired) electrons. The van der Waals surface area contributed by atoms with Gasteiger partial charge in [-0.3, -0.25) is 9.59 Å². The summed E-state index contributed by atoms with van der Waals surface area (Å²) in [5, 5.41) is 2.74. The Labute approximate surface area is 153 Å². The molecule has 136 valence electrons. The van der Waals surface area contributed by atoms with Gasteiger partial charge < -0.3 is 24.6 Å². The molecule has 0 spiro atoms. The van der Waals surface area contributed by atoms with Crippen LogP contribution >= 0.6 is 22.9 Å². The van der Waals surface area contributed by atoms with Gasteiger partial charge in [0.2, 0.25) is 5.91 Å². The van der Waals surface area contributed by atoms with Gasteiger partial charge >= 0.3 is 6.09 Å². The molecule has 0 bridgehead atoms. The Kier molecular flexibility index (Phi) is 5.77. The largest absolute Gasteiger partial charge is 0.442 e. The van der Waals surface area contributed by atoms with Crippen LogP contribution in [0.25, 0.3) is 0 Å². The summed E-state index contributed by atoms with van der Waals surface area (Å²) in [7, 11) is 0. The van der Waals surface area contributed by atoms with Gasteiger partial charge in [-0.15, -0.1) is 11.3 Å². The molecule has 1 N–H and O–H groups in total. The maximum Gasteiger partial charge on any atom is 0.410 e. The van der Waals surface area contributed by atoms with E-state index in [0.29, 0.717) is 42.0 Å². The predicted octanol–water partition coefficient (Wildman–Crippen LogP) is 0.811. The molecule has 3 amide bonds. The van der Waals surface area contributed by atoms with Crippen LogP contribution in [0.4, 0.5) is 4.79 Å². The van der Waals surface area contributed by atoms with Gasteiger partial charge in [0.15, 0.2) is 0 Å². The topological polar surface area (TPSA) is 88.2 Å². The number of morpholine rings is 1. The maximum absolute atomic E-state index is 12.0. The number of ether oxygens (including phenoxy) is 2. The summed E-state index contributed by atoms with van der Waals surface area (Å²) in [5.74, 6) is -0.317. The zero-order valence-electron chi connectivity index (χ0n) is 13.4. The Morgan fingerprint density at radius 1 is 1.32 bits per heavy atom. The standard InChI is InChI=1S/C15H18ClN3O5S/c16-12-2-1-11(25-12)14(21)17-7-10-8-19(15(22)24-10)4-3-18-5-6-23-9-13(18)20/h1-2,10H,3-9H2,(H,17,21)/t10-/m0/s1. The van der Waals surface area contributed by atoms with Crippen molar-refractivity contribution in [3.63, 3.8) is 0 Å². The zero-order valence-corrected chi connectivity index (χ0v) is 15.0. The second kappa shape index (κ2) is 8.03. The highest BCUT2D eigenvalue weighted by atomic mass is 35.5. The fourth-order valence-corrected chi connectivity index (χ4v) is 3.58. The average Bonchev–Trinajstić information content (AvgIpc) is 3.18. The van der Waals surface area contributed by atoms with Crippen LogP contribution in [0.15, 0.2) is 12.1 Å². The van der Waals surface area contributed by atoms with E-state index in [1.807, 2.05) is 0 Å². The van der Waals surface area contributed by atoms with Crippen LogP contribution in [0, 0.1) is 0 Å². The Morgan fingerprint density at radius 3 is 2.84 bits per heavy atom. The summed E-state index contributed by atoms with van der Waals surface area (Å²) in [6.45, 7) is 2.59. The first-order valence-corrected chi connectivity index (χ1v) is 9.07. The fraction of sp³-hybridized carbons (Fsp3) is 0.533. The van der Waals surface area contributed by atoms with Gasteiger partial charge in [-0.05, 0) is 12.1 Å². The normalized spacial score (nSPS) is 20.8. The molecule has 25 heavy (non-hydrogen) atoms. The van der Waals surface area contributed by atoms with Gasteiger partial charge in [0.1, 0.15) is 12.7 Å². The first kappa shape index (κ1) is 18.0. The van der Waals surface area contributed by atoms with E-state index in [9.17, 15) is 14.4 Å². The second-order valence-corrected chi connectivity index (χ2v) is 7.41. The number of hydrogen-bond acceptors (Lipinski definition) is 6. The lowest BCUT2D eigenvalue weighted by Crippen LogP contribution is -2.45. The van der Waals surface area contributed by atoms with Crippen molar-refractivity contribution in [3.8, 4) is 0 Å². The Bertz CT molecular complexity index is 667. The second-order valence-electron chi connectivity index (χ2n) is 5.70. The van der Waals surface area contributed by atoms with E-state index < -0.39 is 12.2 Å². The van der Waals surface area contributed by atoms with Crippen molar-refractivity contribution >= 4 is 40.8 Å². The van der Waals surface area contributed by atoms with Crippen molar-refractivity contribution in [1.82, 2.24) is 15.1 Å². The molecule has 2 aliphatic rings. The predicted molar refractivity (Wildman–Crippen MR) is 90.9 cm³/mol. The molecule has 2 saturated heterocycles. The molecule has 10 heteroatoms. The summed E-state index contributed by atoms with van der Waals surface area (Å²) in [6, 6.07) is 3.31. The highest BCUT2D eigenvalue weighted by molar-refractivity contribution is 7.17. The van der Waals surface area contributed by atoms with Crippen LogP contribution in [0.1, 0.15) is 9.67 Å². The lowest BCUT2D eigenvalue weighted by molar-refractivity contribution is -0.142. The van der Waals surface area contributed by atoms with E-state index in [0.717, 1.165) is 0 Å². The molecule has 0 unspecified atom stereocenters. The number of carbonyl (C=O) groups is 3. The molecule has 2 fully saturated rings. The smallest absolute Gasteiger partial charge is 0.410 e. The van der Waals surface area contributed by atoms with Crippen molar-refractivity contribution < 1.29 is 23.9 Å². The Hall–Kier alpha value is -1.84. The maximum atomic E-state index is 12.0. The minimum absolute atomic E-state index is 0.0720. The van der Waals surface area contributed by atoms with Gasteiger partial charge in [0.25, 0.3) is 5.91 Å². The number of thiophene rings is 1. The third-order valence-corrected chi connectivity index (χ3v) is 5.19. The summed E-state index contributed by atoms with van der Waals surface area (Å²) in [5.41, 5.74) is 0. The van der Waals surface area contributed by atoms with Gasteiger partial charge in [0, 0.05) is 19.6 Å². The Balaban J connectivity index is 1.42. The van der Waals surface area contributed by atoms with Crippen molar-refractivity contribution in [2.24, 2.45) is 0 Å². The lowest BCUT2D eigenvalue weighted by Gasteiger charge is -2.28. The van der Waals surface area contributed by atoms with Crippen LogP contribution in [-0.2, 0) is 14.3 Å². The van der Waals surface area contributed by atoms with Gasteiger partial charge in [-0.1, -0.05) is 11.6 Å². The highest BCUT2D eigenvalue weighted by Gasteiger charge is 2.32. The van der Waals surface area contributed by atoms with Crippen LogP contribution in [0.3, 0.4) is 0 Å². The van der Waals surface area contributed by atoms with Gasteiger partial charge in [0.05, 0.1) is 28.9 Å². The van der Waals surface area contributed by atoms with E-state index in [1.54, 1.807) is 21.9 Å². The molecule has 0 aliphatic carbocycles. The third-order valence-electron chi connectivity index (χ3n) is 3.96. The summed E-state index contributed by atoms with van der Waals surface area (Å²) in [6.07, 6.45) is -0.841. The van der Waals surface area contributed by atoms with E-state index >= 15 is 0 Å². The lowest BCUT2D eigenvalue weighted by atomic mass is 10.3. The van der Waals surface area contributed by atoms with Crippen LogP contribution in [0.5, 0.6) is 0 Å². The van der Waals surface area contributed by atoms with E-state index in [2.05, 4.69) is 5.32 Å². The molecular weight excluding hydrogens is 370 g/mol. The minimum Gasteiger partial charge on any atom is -0.442 e. The molecule has 8 nitrogen and oxygen atoms in total. The average molecular weight is 388 g/mol. The first-order valence-electron chi connectivity index (χ1n) is 7.87. The first-order chi connectivity index (χ1) is 12.0. The molecular formula is C15H18ClN3O5S. The Morgan fingerprint density at radius 2 is 2.12 bits per heavy atom. The van der Waals surface area contributed by atoms with E-state index in [4.69, 9.17) is 21.1 Å². The fourth-order valence-electron chi connectivity index (χ4n) is 2.62. The molecule has 3 rings (SSSR count). The number of hydrogen-bond donors (Lipinski definition) is 1. The van der Waals surface area contributed by atoms with Crippen molar-refractivity contribution in [2.75, 3.05) is 45.9 Å². The highest BCUT2D eigenvalue weighted by Crippen LogP contribution is 2.21. The number of carbonyl (C=O) groups excluding carboxylic acids is 3. The molecule has 3 heterocycles. The number of nitrogens with zero attached hydrogens (tertiary/aromatic N) is 2. The van der Waals surface area contributed by atoms with Crippen molar-refractivity contribution in [1.29, 1.82) is 0 Å². The van der Waals surface area contributed by atoms with Crippen LogP contribution in [-0.4, -0.2) is 79.7 Å². The SMILES string of the molecule is O=C(NC[C@H]1CN(CCN2CCOCC2=O)C(=O)O1)c1ccc(Cl)s1. The van der Waals surface area contributed by atoms with Crippen LogP contribution in [0.2, 0.25) is 4.34 Å². The minimum atomic E-state index is -0.431. The summed E-state index contributed by atoms with van der Waals surface area (Å²) >= 11 is 7.00. The van der Waals surface area contributed by atoms with Crippen LogP contribution < -0.4 is 5.32 Å². The molecule has 0 aromatic carbocycles. The van der Waals surface area contributed by atoms with Crippen molar-refractivity contribution in [3.05, 3.63) is 21.3 Å². The summed E-state index contributed by atoms with van der Waals surface area (Å²) in [4.78, 5) is 39.3. The summed E-state index contributed by atoms with van der Waals surface area (Å²) < 4.78 is 10.9. The van der Waals surface area contributed by atoms with Gasteiger partial charge in [-0.25, -0.2) is 4.79 Å². The molecule has 1 aromatic heterocycles. The van der Waals surface area contributed by atoms with Crippen molar-refractivity contribution in [2.45, 2.75) is 6.10 Å². The number of cyclic esters (lactones) is 1. The van der Waals surface area contributed by atoms with Gasteiger partial charge in [-0.2, -0.15) is 0 Å². The molecule has 1 atom stereocenters. The molecule has 2 aliphatic heterocycles. The number of amides is 3. The number of rotatable bonds is 6.